The van der Waals surface area contributed by atoms with Crippen molar-refractivity contribution in [1.29, 1.82) is 0 Å². The minimum Gasteiger partial charge on any atom is -0.495 e. The van der Waals surface area contributed by atoms with E-state index in [9.17, 15) is 18.5 Å². The van der Waals surface area contributed by atoms with Crippen molar-refractivity contribution >= 4 is 33.3 Å². The highest BCUT2D eigenvalue weighted by atomic mass is 32.2. The number of aryl methyl sites for hydroxylation is 1. The van der Waals surface area contributed by atoms with E-state index in [1.54, 1.807) is 18.2 Å². The quantitative estimate of drug-likeness (QED) is 0.308. The van der Waals surface area contributed by atoms with Crippen LogP contribution in [0.25, 0.3) is 0 Å². The molecule has 10 heteroatoms. The Balaban J connectivity index is 1.86. The zero-order valence-corrected chi connectivity index (χ0v) is 17.6. The fourth-order valence-corrected chi connectivity index (χ4v) is 3.87. The molecule has 3 aromatic carbocycles. The lowest BCUT2D eigenvalue weighted by Gasteiger charge is -2.12. The SMILES string of the molecule is COc1ccccc1NS(=O)(=O)c1ccc(N/N=C/c2cccc(C)c2)c([N+](=O)[O-])c1. The minimum atomic E-state index is -4.09. The van der Waals surface area contributed by atoms with Crippen LogP contribution in [0.3, 0.4) is 0 Å². The molecule has 0 amide bonds. The third-order valence-corrected chi connectivity index (χ3v) is 5.63. The third kappa shape index (κ3) is 5.37. The van der Waals surface area contributed by atoms with Gasteiger partial charge < -0.3 is 4.74 Å². The Labute approximate surface area is 179 Å². The van der Waals surface area contributed by atoms with Crippen molar-refractivity contribution < 1.29 is 18.1 Å². The molecule has 160 valence electrons. The topological polar surface area (TPSA) is 123 Å². The molecule has 0 spiro atoms. The van der Waals surface area contributed by atoms with Crippen molar-refractivity contribution in [1.82, 2.24) is 0 Å². The molecule has 0 saturated carbocycles. The molecule has 0 atom stereocenters. The number of ether oxygens (including phenoxy) is 1. The number of hydrazone groups is 1. The number of nitrogens with zero attached hydrogens (tertiary/aromatic N) is 2. The molecule has 3 rings (SSSR count). The van der Waals surface area contributed by atoms with Gasteiger partial charge in [0.15, 0.2) is 0 Å². The second-order valence-electron chi connectivity index (χ2n) is 6.53. The van der Waals surface area contributed by atoms with E-state index in [0.717, 1.165) is 17.2 Å². The molecule has 3 aromatic rings. The van der Waals surface area contributed by atoms with E-state index in [1.165, 1.54) is 31.5 Å². The van der Waals surface area contributed by atoms with Crippen LogP contribution in [-0.4, -0.2) is 26.7 Å². The molecule has 0 heterocycles. The number of nitrogens with one attached hydrogen (secondary N) is 2. The highest BCUT2D eigenvalue weighted by Gasteiger charge is 2.22. The van der Waals surface area contributed by atoms with Gasteiger partial charge in [0.25, 0.3) is 15.7 Å². The molecule has 0 saturated heterocycles. The number of nitro benzene ring substituents is 1. The Hall–Kier alpha value is -3.92. The summed E-state index contributed by atoms with van der Waals surface area (Å²) in [5.74, 6) is 0.323. The summed E-state index contributed by atoms with van der Waals surface area (Å²) < 4.78 is 33.0. The summed E-state index contributed by atoms with van der Waals surface area (Å²) in [4.78, 5) is 10.6. The van der Waals surface area contributed by atoms with E-state index in [0.29, 0.717) is 5.75 Å². The fraction of sp³-hybridized carbons (Fsp3) is 0.0952. The predicted octanol–water partition coefficient (Wildman–Crippen LogP) is 4.16. The van der Waals surface area contributed by atoms with Crippen LogP contribution in [-0.2, 0) is 10.0 Å². The molecule has 0 fully saturated rings. The summed E-state index contributed by atoms with van der Waals surface area (Å²) >= 11 is 0. The summed E-state index contributed by atoms with van der Waals surface area (Å²) in [6.45, 7) is 1.94. The number of hydrogen-bond donors (Lipinski definition) is 2. The summed E-state index contributed by atoms with van der Waals surface area (Å²) in [5, 5.41) is 15.5. The van der Waals surface area contributed by atoms with Gasteiger partial charge in [0.05, 0.1) is 28.8 Å². The lowest BCUT2D eigenvalue weighted by Crippen LogP contribution is -2.14. The van der Waals surface area contributed by atoms with Gasteiger partial charge in [0.2, 0.25) is 0 Å². The normalized spacial score (nSPS) is 11.3. The molecule has 0 aromatic heterocycles. The van der Waals surface area contributed by atoms with E-state index >= 15 is 0 Å². The van der Waals surface area contributed by atoms with Crippen LogP contribution in [0.4, 0.5) is 17.1 Å². The summed E-state index contributed by atoms with van der Waals surface area (Å²) in [5.41, 5.74) is 4.32. The van der Waals surface area contributed by atoms with Crippen molar-refractivity contribution in [2.75, 3.05) is 17.3 Å². The maximum Gasteiger partial charge on any atom is 0.295 e. The van der Waals surface area contributed by atoms with Gasteiger partial charge in [-0.2, -0.15) is 5.10 Å². The van der Waals surface area contributed by atoms with Crippen LogP contribution in [0.15, 0.2) is 76.7 Å². The largest absolute Gasteiger partial charge is 0.495 e. The molecular weight excluding hydrogens is 420 g/mol. The van der Waals surface area contributed by atoms with Gasteiger partial charge in [0.1, 0.15) is 11.4 Å². The number of benzene rings is 3. The second kappa shape index (κ2) is 9.26. The third-order valence-electron chi connectivity index (χ3n) is 4.27. The predicted molar refractivity (Wildman–Crippen MR) is 119 cm³/mol. The Morgan fingerprint density at radius 3 is 2.52 bits per heavy atom. The van der Waals surface area contributed by atoms with Gasteiger partial charge in [-0.1, -0.05) is 42.0 Å². The average Bonchev–Trinajstić information content (AvgIpc) is 2.74. The van der Waals surface area contributed by atoms with Crippen LogP contribution < -0.4 is 14.9 Å². The molecule has 0 aliphatic heterocycles. The Morgan fingerprint density at radius 1 is 1.03 bits per heavy atom. The number of nitro groups is 1. The maximum atomic E-state index is 12.7. The number of hydrogen-bond acceptors (Lipinski definition) is 7. The van der Waals surface area contributed by atoms with E-state index < -0.39 is 20.6 Å². The Kier molecular flexibility index (Phi) is 6.51. The Morgan fingerprint density at radius 2 is 1.81 bits per heavy atom. The lowest BCUT2D eigenvalue weighted by atomic mass is 10.2. The van der Waals surface area contributed by atoms with E-state index in [-0.39, 0.29) is 16.3 Å². The molecule has 0 radical (unpaired) electrons. The maximum absolute atomic E-state index is 12.7. The number of para-hydroxylation sites is 2. The van der Waals surface area contributed by atoms with E-state index in [1.807, 2.05) is 31.2 Å². The monoisotopic (exact) mass is 440 g/mol. The lowest BCUT2D eigenvalue weighted by molar-refractivity contribution is -0.384. The minimum absolute atomic E-state index is 0.0603. The van der Waals surface area contributed by atoms with Crippen LogP contribution in [0.5, 0.6) is 5.75 Å². The number of sulfonamides is 1. The van der Waals surface area contributed by atoms with Gasteiger partial charge in [0, 0.05) is 6.07 Å². The first-order valence-corrected chi connectivity index (χ1v) is 10.6. The van der Waals surface area contributed by atoms with Gasteiger partial charge in [-0.05, 0) is 36.8 Å². The van der Waals surface area contributed by atoms with Crippen molar-refractivity contribution in [3.8, 4) is 5.75 Å². The zero-order chi connectivity index (χ0) is 22.4. The summed E-state index contributed by atoms with van der Waals surface area (Å²) in [7, 11) is -2.68. The molecule has 0 unspecified atom stereocenters. The molecule has 31 heavy (non-hydrogen) atoms. The van der Waals surface area contributed by atoms with Gasteiger partial charge in [-0.3, -0.25) is 20.3 Å². The van der Waals surface area contributed by atoms with Crippen molar-refractivity contribution in [3.05, 3.63) is 88.0 Å². The molecule has 0 aliphatic carbocycles. The molecular formula is C21H20N4O5S. The first-order chi connectivity index (χ1) is 14.8. The highest BCUT2D eigenvalue weighted by Crippen LogP contribution is 2.30. The Bertz CT molecular complexity index is 1240. The van der Waals surface area contributed by atoms with Crippen LogP contribution in [0.2, 0.25) is 0 Å². The summed E-state index contributed by atoms with van der Waals surface area (Å²) in [6, 6.07) is 17.5. The van der Waals surface area contributed by atoms with Crippen LogP contribution in [0.1, 0.15) is 11.1 Å². The highest BCUT2D eigenvalue weighted by molar-refractivity contribution is 7.92. The number of methoxy groups -OCH3 is 1. The summed E-state index contributed by atoms with van der Waals surface area (Å²) in [6.07, 6.45) is 1.52. The smallest absolute Gasteiger partial charge is 0.295 e. The molecule has 2 N–H and O–H groups in total. The fourth-order valence-electron chi connectivity index (χ4n) is 2.78. The van der Waals surface area contributed by atoms with E-state index in [2.05, 4.69) is 15.2 Å². The van der Waals surface area contributed by atoms with Crippen LogP contribution in [0, 0.1) is 17.0 Å². The first-order valence-electron chi connectivity index (χ1n) is 9.10. The standard InChI is InChI=1S/C21H20N4O5S/c1-15-6-5-7-16(12-15)14-22-23-18-11-10-17(13-20(18)25(26)27)31(28,29)24-19-8-3-4-9-21(19)30-2/h3-14,23-24H,1-2H3/b22-14+. The van der Waals surface area contributed by atoms with Crippen LogP contribution >= 0.6 is 0 Å². The second-order valence-corrected chi connectivity index (χ2v) is 8.21. The average molecular weight is 440 g/mol. The van der Waals surface area contributed by atoms with Gasteiger partial charge >= 0.3 is 0 Å². The molecule has 9 nitrogen and oxygen atoms in total. The first kappa shape index (κ1) is 21.8. The molecule has 0 bridgehead atoms. The zero-order valence-electron chi connectivity index (χ0n) is 16.8. The van der Waals surface area contributed by atoms with Crippen molar-refractivity contribution in [2.45, 2.75) is 11.8 Å². The van der Waals surface area contributed by atoms with Gasteiger partial charge in [-0.25, -0.2) is 8.42 Å². The van der Waals surface area contributed by atoms with Crippen molar-refractivity contribution in [2.24, 2.45) is 5.10 Å². The number of rotatable bonds is 8. The van der Waals surface area contributed by atoms with Crippen molar-refractivity contribution in [3.63, 3.8) is 0 Å². The van der Waals surface area contributed by atoms with E-state index in [4.69, 9.17) is 4.74 Å². The number of anilines is 2. The molecule has 0 aliphatic rings. The van der Waals surface area contributed by atoms with Gasteiger partial charge in [-0.15, -0.1) is 0 Å².